The minimum Gasteiger partial charge on any atom is -0.321 e. The first-order valence-corrected chi connectivity index (χ1v) is 5.60. The maximum Gasteiger partial charge on any atom is 0.249 e. The highest BCUT2D eigenvalue weighted by Crippen LogP contribution is 2.08. The summed E-state index contributed by atoms with van der Waals surface area (Å²) in [7, 11) is 0. The van der Waals surface area contributed by atoms with Crippen molar-refractivity contribution in [2.45, 2.75) is 19.4 Å². The number of hydrogen-bond donors (Lipinski definition) is 1. The van der Waals surface area contributed by atoms with Crippen molar-refractivity contribution in [2.75, 3.05) is 6.54 Å². The summed E-state index contributed by atoms with van der Waals surface area (Å²) in [6.07, 6.45) is 3.35. The van der Waals surface area contributed by atoms with E-state index in [2.05, 4.69) is 10.3 Å². The summed E-state index contributed by atoms with van der Waals surface area (Å²) < 4.78 is 0. The van der Waals surface area contributed by atoms with Gasteiger partial charge in [-0.05, 0) is 18.6 Å². The molecule has 0 bridgehead atoms. The third-order valence-electron chi connectivity index (χ3n) is 2.82. The first-order chi connectivity index (χ1) is 8.58. The Kier molecular flexibility index (Phi) is 3.36. The monoisotopic (exact) mass is 247 g/mol. The summed E-state index contributed by atoms with van der Waals surface area (Å²) in [5.41, 5.74) is 0.758. The van der Waals surface area contributed by atoms with E-state index in [0.29, 0.717) is 0 Å². The van der Waals surface area contributed by atoms with Gasteiger partial charge in [0, 0.05) is 12.4 Å². The van der Waals surface area contributed by atoms with E-state index in [1.165, 1.54) is 4.90 Å². The van der Waals surface area contributed by atoms with Crippen molar-refractivity contribution in [1.29, 1.82) is 0 Å². The normalized spacial score (nSPS) is 19.6. The average molecular weight is 247 g/mol. The minimum atomic E-state index is -0.619. The van der Waals surface area contributed by atoms with Crippen molar-refractivity contribution in [3.8, 4) is 0 Å². The molecule has 18 heavy (non-hydrogen) atoms. The van der Waals surface area contributed by atoms with Gasteiger partial charge in [0.05, 0.1) is 6.42 Å². The van der Waals surface area contributed by atoms with Crippen LogP contribution >= 0.6 is 0 Å². The lowest BCUT2D eigenvalue weighted by atomic mass is 10.1. The lowest BCUT2D eigenvalue weighted by Gasteiger charge is -2.31. The van der Waals surface area contributed by atoms with E-state index in [4.69, 9.17) is 0 Å². The highest BCUT2D eigenvalue weighted by atomic mass is 16.2. The third kappa shape index (κ3) is 2.53. The number of aromatic nitrogens is 1. The fourth-order valence-electron chi connectivity index (χ4n) is 1.80. The van der Waals surface area contributed by atoms with E-state index in [1.54, 1.807) is 31.5 Å². The Morgan fingerprint density at radius 3 is 3.00 bits per heavy atom. The van der Waals surface area contributed by atoms with Gasteiger partial charge in [0.25, 0.3) is 0 Å². The van der Waals surface area contributed by atoms with Crippen LogP contribution in [0.5, 0.6) is 0 Å². The SMILES string of the molecule is CC1C(=O)NC(=O)CN1C(=O)Cc1cccnc1. The van der Waals surface area contributed by atoms with Gasteiger partial charge in [-0.15, -0.1) is 0 Å². The van der Waals surface area contributed by atoms with Crippen LogP contribution in [0.4, 0.5) is 0 Å². The highest BCUT2D eigenvalue weighted by molar-refractivity contribution is 6.04. The molecule has 2 rings (SSSR count). The Hall–Kier alpha value is -2.24. The van der Waals surface area contributed by atoms with Crippen LogP contribution in [0.1, 0.15) is 12.5 Å². The molecule has 0 saturated carbocycles. The van der Waals surface area contributed by atoms with E-state index in [1.807, 2.05) is 0 Å². The summed E-state index contributed by atoms with van der Waals surface area (Å²) in [4.78, 5) is 39.9. The number of pyridine rings is 1. The molecular formula is C12H13N3O3. The van der Waals surface area contributed by atoms with Crippen LogP contribution in [0.3, 0.4) is 0 Å². The van der Waals surface area contributed by atoms with Crippen LogP contribution in [-0.2, 0) is 20.8 Å². The Labute approximate surface area is 104 Å². The van der Waals surface area contributed by atoms with E-state index < -0.39 is 17.9 Å². The molecule has 6 nitrogen and oxygen atoms in total. The van der Waals surface area contributed by atoms with Gasteiger partial charge < -0.3 is 4.90 Å². The van der Waals surface area contributed by atoms with Crippen LogP contribution in [0, 0.1) is 0 Å². The van der Waals surface area contributed by atoms with Crippen molar-refractivity contribution >= 4 is 17.7 Å². The van der Waals surface area contributed by atoms with Gasteiger partial charge in [0.1, 0.15) is 12.6 Å². The summed E-state index contributed by atoms with van der Waals surface area (Å²) in [5.74, 6) is -1.14. The summed E-state index contributed by atoms with van der Waals surface area (Å²) in [5, 5.41) is 2.19. The van der Waals surface area contributed by atoms with Gasteiger partial charge in [-0.1, -0.05) is 6.07 Å². The lowest BCUT2D eigenvalue weighted by Crippen LogP contribution is -2.58. The Balaban J connectivity index is 2.08. The predicted octanol–water partition coefficient (Wildman–Crippen LogP) is -0.502. The number of rotatable bonds is 2. The van der Waals surface area contributed by atoms with Crippen LogP contribution in [0.2, 0.25) is 0 Å². The number of hydrogen-bond acceptors (Lipinski definition) is 4. The number of piperazine rings is 1. The standard InChI is InChI=1S/C12H13N3O3/c1-8-12(18)14-10(16)7-15(8)11(17)5-9-3-2-4-13-6-9/h2-4,6,8H,5,7H2,1H3,(H,14,16,18). The Morgan fingerprint density at radius 2 is 2.33 bits per heavy atom. The number of carbonyl (C=O) groups excluding carboxylic acids is 3. The van der Waals surface area contributed by atoms with E-state index >= 15 is 0 Å². The molecule has 0 aliphatic carbocycles. The van der Waals surface area contributed by atoms with E-state index in [-0.39, 0.29) is 18.9 Å². The Morgan fingerprint density at radius 1 is 1.56 bits per heavy atom. The molecule has 1 unspecified atom stereocenters. The van der Waals surface area contributed by atoms with Crippen molar-refractivity contribution in [1.82, 2.24) is 15.2 Å². The second kappa shape index (κ2) is 4.95. The van der Waals surface area contributed by atoms with Crippen LogP contribution in [-0.4, -0.2) is 40.2 Å². The maximum absolute atomic E-state index is 12.0. The minimum absolute atomic E-state index is 0.0774. The molecule has 1 fully saturated rings. The first-order valence-electron chi connectivity index (χ1n) is 5.60. The molecule has 1 saturated heterocycles. The second-order valence-electron chi connectivity index (χ2n) is 4.15. The zero-order valence-electron chi connectivity index (χ0n) is 9.92. The molecular weight excluding hydrogens is 234 g/mol. The van der Waals surface area contributed by atoms with E-state index in [0.717, 1.165) is 5.56 Å². The van der Waals surface area contributed by atoms with Crippen LogP contribution in [0.25, 0.3) is 0 Å². The van der Waals surface area contributed by atoms with Gasteiger partial charge in [0.2, 0.25) is 17.7 Å². The highest BCUT2D eigenvalue weighted by Gasteiger charge is 2.33. The molecule has 0 radical (unpaired) electrons. The van der Waals surface area contributed by atoms with Crippen molar-refractivity contribution < 1.29 is 14.4 Å². The van der Waals surface area contributed by atoms with Crippen molar-refractivity contribution in [2.24, 2.45) is 0 Å². The molecule has 6 heteroatoms. The van der Waals surface area contributed by atoms with Crippen molar-refractivity contribution in [3.63, 3.8) is 0 Å². The number of amides is 3. The van der Waals surface area contributed by atoms with E-state index in [9.17, 15) is 14.4 Å². The molecule has 2 heterocycles. The average Bonchev–Trinajstić information content (AvgIpc) is 2.35. The largest absolute Gasteiger partial charge is 0.321 e. The summed E-state index contributed by atoms with van der Waals surface area (Å²) >= 11 is 0. The second-order valence-corrected chi connectivity index (χ2v) is 4.15. The molecule has 1 aromatic rings. The van der Waals surface area contributed by atoms with Crippen LogP contribution < -0.4 is 5.32 Å². The van der Waals surface area contributed by atoms with Gasteiger partial charge in [0.15, 0.2) is 0 Å². The molecule has 3 amide bonds. The molecule has 1 aliphatic rings. The van der Waals surface area contributed by atoms with Gasteiger partial charge in [-0.3, -0.25) is 24.7 Å². The molecule has 1 atom stereocenters. The lowest BCUT2D eigenvalue weighted by molar-refractivity contribution is -0.149. The number of carbonyl (C=O) groups is 3. The fourth-order valence-corrected chi connectivity index (χ4v) is 1.80. The first kappa shape index (κ1) is 12.2. The summed E-state index contributed by atoms with van der Waals surface area (Å²) in [6, 6.07) is 2.90. The van der Waals surface area contributed by atoms with Gasteiger partial charge in [-0.25, -0.2) is 0 Å². The van der Waals surface area contributed by atoms with Crippen LogP contribution in [0.15, 0.2) is 24.5 Å². The van der Waals surface area contributed by atoms with Crippen molar-refractivity contribution in [3.05, 3.63) is 30.1 Å². The fraction of sp³-hybridized carbons (Fsp3) is 0.333. The van der Waals surface area contributed by atoms with Gasteiger partial charge >= 0.3 is 0 Å². The smallest absolute Gasteiger partial charge is 0.249 e. The zero-order chi connectivity index (χ0) is 13.1. The molecule has 1 N–H and O–H groups in total. The Bertz CT molecular complexity index is 487. The molecule has 94 valence electrons. The number of nitrogens with zero attached hydrogens (tertiary/aromatic N) is 2. The maximum atomic E-state index is 12.0. The molecule has 0 spiro atoms. The molecule has 0 aromatic carbocycles. The summed E-state index contributed by atoms with van der Waals surface area (Å²) in [6.45, 7) is 1.52. The number of nitrogens with one attached hydrogen (secondary N) is 1. The molecule has 1 aromatic heterocycles. The number of imide groups is 1. The third-order valence-corrected chi connectivity index (χ3v) is 2.82. The molecule has 1 aliphatic heterocycles. The quantitative estimate of drug-likeness (QED) is 0.714. The zero-order valence-corrected chi connectivity index (χ0v) is 9.92. The topological polar surface area (TPSA) is 79.4 Å². The predicted molar refractivity (Wildman–Crippen MR) is 62.3 cm³/mol. The van der Waals surface area contributed by atoms with Gasteiger partial charge in [-0.2, -0.15) is 0 Å².